The van der Waals surface area contributed by atoms with Gasteiger partial charge < -0.3 is 9.47 Å². The number of hydrogen-bond donors (Lipinski definition) is 0. The standard InChI is InChI=1S/C24H24F8O2/c1-2-14-3-7-16(8-4-14)19(25)11-15-5-9-17(10-6-15)23(28,29)33-18-12-20(26)22(21(27)13-18)34-24(30,31)32/h5-6,9-10,12-14,16,19H,2-4,7-8,11H2,1H3. The summed E-state index contributed by atoms with van der Waals surface area (Å²) in [5, 5.41) is 0. The SMILES string of the molecule is CCC1CCC(C(F)Cc2ccc(C(F)(F)Oc3cc(F)c(OC(F)(F)F)c(F)c3)cc2)CC1. The summed E-state index contributed by atoms with van der Waals surface area (Å²) >= 11 is 0. The van der Waals surface area contributed by atoms with Gasteiger partial charge in [-0.3, -0.25) is 0 Å². The molecule has 0 saturated heterocycles. The summed E-state index contributed by atoms with van der Waals surface area (Å²) in [6.07, 6.45) is -5.82. The monoisotopic (exact) mass is 496 g/mol. The molecule has 1 saturated carbocycles. The van der Waals surface area contributed by atoms with Gasteiger partial charge in [-0.05, 0) is 42.4 Å². The van der Waals surface area contributed by atoms with Gasteiger partial charge in [-0.2, -0.15) is 8.78 Å². The Hall–Kier alpha value is -2.52. The molecule has 1 atom stereocenters. The van der Waals surface area contributed by atoms with E-state index in [-0.39, 0.29) is 24.5 Å². The fraction of sp³-hybridized carbons (Fsp3) is 0.500. The molecule has 10 heteroatoms. The van der Waals surface area contributed by atoms with E-state index in [9.17, 15) is 35.1 Å². The molecule has 0 N–H and O–H groups in total. The first kappa shape index (κ1) is 26.1. The van der Waals surface area contributed by atoms with Gasteiger partial charge in [-0.1, -0.05) is 38.3 Å². The Kier molecular flexibility index (Phi) is 7.98. The number of benzene rings is 2. The van der Waals surface area contributed by atoms with Crippen molar-refractivity contribution in [2.75, 3.05) is 0 Å². The molecule has 2 aromatic rings. The number of ether oxygens (including phenoxy) is 2. The molecule has 0 bridgehead atoms. The molecule has 1 aliphatic rings. The van der Waals surface area contributed by atoms with E-state index in [2.05, 4.69) is 16.4 Å². The lowest BCUT2D eigenvalue weighted by Gasteiger charge is -2.30. The minimum Gasteiger partial charge on any atom is -0.429 e. The third-order valence-corrected chi connectivity index (χ3v) is 6.14. The van der Waals surface area contributed by atoms with Crippen LogP contribution < -0.4 is 9.47 Å². The summed E-state index contributed by atoms with van der Waals surface area (Å²) in [5.41, 5.74) is -0.165. The summed E-state index contributed by atoms with van der Waals surface area (Å²) in [7, 11) is 0. The highest BCUT2D eigenvalue weighted by Crippen LogP contribution is 2.37. The second-order valence-corrected chi connectivity index (χ2v) is 8.49. The van der Waals surface area contributed by atoms with E-state index in [1.165, 1.54) is 12.1 Å². The first-order valence-corrected chi connectivity index (χ1v) is 10.9. The van der Waals surface area contributed by atoms with Crippen LogP contribution in [0.1, 0.15) is 50.2 Å². The maximum absolute atomic E-state index is 14.7. The molecule has 0 aliphatic heterocycles. The smallest absolute Gasteiger partial charge is 0.429 e. The van der Waals surface area contributed by atoms with Crippen LogP contribution in [0.15, 0.2) is 36.4 Å². The molecule has 0 heterocycles. The van der Waals surface area contributed by atoms with Crippen molar-refractivity contribution in [2.45, 2.75) is 64.1 Å². The van der Waals surface area contributed by atoms with Gasteiger partial charge >= 0.3 is 12.5 Å². The maximum atomic E-state index is 14.7. The second kappa shape index (κ2) is 10.4. The highest BCUT2D eigenvalue weighted by atomic mass is 19.4. The molecule has 188 valence electrons. The Morgan fingerprint density at radius 1 is 0.882 bits per heavy atom. The molecule has 2 nitrogen and oxygen atoms in total. The third kappa shape index (κ3) is 6.76. The lowest BCUT2D eigenvalue weighted by atomic mass is 9.78. The summed E-state index contributed by atoms with van der Waals surface area (Å²) in [4.78, 5) is 0. The molecular weight excluding hydrogens is 472 g/mol. The van der Waals surface area contributed by atoms with Gasteiger partial charge in [0.2, 0.25) is 5.75 Å². The van der Waals surface area contributed by atoms with Crippen LogP contribution in [0.5, 0.6) is 11.5 Å². The minimum absolute atomic E-state index is 0.0682. The van der Waals surface area contributed by atoms with Crippen LogP contribution in [0.3, 0.4) is 0 Å². The van der Waals surface area contributed by atoms with Crippen molar-refractivity contribution >= 4 is 0 Å². The molecule has 2 aromatic carbocycles. The molecule has 0 radical (unpaired) electrons. The minimum atomic E-state index is -5.37. The number of rotatable bonds is 8. The van der Waals surface area contributed by atoms with E-state index < -0.39 is 47.3 Å². The van der Waals surface area contributed by atoms with Crippen molar-refractivity contribution in [3.8, 4) is 11.5 Å². The van der Waals surface area contributed by atoms with Crippen LogP contribution in [-0.4, -0.2) is 12.5 Å². The van der Waals surface area contributed by atoms with Crippen LogP contribution in [0.25, 0.3) is 0 Å². The van der Waals surface area contributed by atoms with Crippen LogP contribution in [-0.2, 0) is 12.5 Å². The Labute approximate surface area is 191 Å². The Bertz CT molecular complexity index is 927. The van der Waals surface area contributed by atoms with E-state index in [0.717, 1.165) is 44.2 Å². The summed E-state index contributed by atoms with van der Waals surface area (Å²) < 4.78 is 115. The fourth-order valence-electron chi connectivity index (χ4n) is 4.20. The lowest BCUT2D eigenvalue weighted by molar-refractivity contribution is -0.276. The average Bonchev–Trinajstić information content (AvgIpc) is 2.76. The zero-order valence-electron chi connectivity index (χ0n) is 18.3. The number of halogens is 8. The first-order chi connectivity index (χ1) is 15.9. The normalized spacial score (nSPS) is 20.1. The topological polar surface area (TPSA) is 18.5 Å². The van der Waals surface area contributed by atoms with Gasteiger partial charge in [0.05, 0.1) is 5.56 Å². The van der Waals surface area contributed by atoms with Gasteiger partial charge in [-0.15, -0.1) is 13.2 Å². The first-order valence-electron chi connectivity index (χ1n) is 10.9. The molecule has 1 aliphatic carbocycles. The van der Waals surface area contributed by atoms with Crippen molar-refractivity contribution in [3.05, 3.63) is 59.2 Å². The highest BCUT2D eigenvalue weighted by molar-refractivity contribution is 5.36. The van der Waals surface area contributed by atoms with E-state index in [1.807, 2.05) is 0 Å². The van der Waals surface area contributed by atoms with Gasteiger partial charge in [0, 0.05) is 18.6 Å². The van der Waals surface area contributed by atoms with Gasteiger partial charge in [0.1, 0.15) is 11.9 Å². The Morgan fingerprint density at radius 2 is 1.44 bits per heavy atom. The largest absolute Gasteiger partial charge is 0.573 e. The van der Waals surface area contributed by atoms with Crippen molar-refractivity contribution in [1.29, 1.82) is 0 Å². The number of hydrogen-bond acceptors (Lipinski definition) is 2. The molecule has 3 rings (SSSR count). The van der Waals surface area contributed by atoms with Gasteiger partial charge in [-0.25, -0.2) is 13.2 Å². The Morgan fingerprint density at radius 3 is 1.94 bits per heavy atom. The number of alkyl halides is 6. The van der Waals surface area contributed by atoms with Crippen molar-refractivity contribution < 1.29 is 44.6 Å². The quantitative estimate of drug-likeness (QED) is 0.344. The molecular formula is C24H24F8O2. The van der Waals surface area contributed by atoms with Crippen LogP contribution in [0, 0.1) is 23.5 Å². The maximum Gasteiger partial charge on any atom is 0.573 e. The summed E-state index contributed by atoms with van der Waals surface area (Å²) in [6.45, 7) is 2.11. The molecule has 1 fully saturated rings. The van der Waals surface area contributed by atoms with E-state index in [4.69, 9.17) is 0 Å². The van der Waals surface area contributed by atoms with E-state index in [0.29, 0.717) is 11.5 Å². The molecule has 0 amide bonds. The zero-order valence-corrected chi connectivity index (χ0v) is 18.3. The van der Waals surface area contributed by atoms with Crippen LogP contribution >= 0.6 is 0 Å². The Balaban J connectivity index is 1.64. The van der Waals surface area contributed by atoms with Gasteiger partial charge in [0.25, 0.3) is 0 Å². The fourth-order valence-corrected chi connectivity index (χ4v) is 4.20. The van der Waals surface area contributed by atoms with E-state index in [1.54, 1.807) is 0 Å². The average molecular weight is 496 g/mol. The highest BCUT2D eigenvalue weighted by Gasteiger charge is 2.37. The second-order valence-electron chi connectivity index (χ2n) is 8.49. The third-order valence-electron chi connectivity index (χ3n) is 6.14. The summed E-state index contributed by atoms with van der Waals surface area (Å²) in [5.74, 6) is -5.98. The molecule has 0 aromatic heterocycles. The zero-order chi connectivity index (χ0) is 25.1. The molecule has 34 heavy (non-hydrogen) atoms. The predicted octanol–water partition coefficient (Wildman–Crippen LogP) is 8.09. The van der Waals surface area contributed by atoms with Crippen molar-refractivity contribution in [2.24, 2.45) is 11.8 Å². The van der Waals surface area contributed by atoms with Crippen LogP contribution in [0.4, 0.5) is 35.1 Å². The van der Waals surface area contributed by atoms with Crippen LogP contribution in [0.2, 0.25) is 0 Å². The van der Waals surface area contributed by atoms with E-state index >= 15 is 0 Å². The van der Waals surface area contributed by atoms with Crippen molar-refractivity contribution in [3.63, 3.8) is 0 Å². The predicted molar refractivity (Wildman–Crippen MR) is 108 cm³/mol. The molecule has 1 unspecified atom stereocenters. The summed E-state index contributed by atoms with van der Waals surface area (Å²) in [6, 6.07) is 4.96. The van der Waals surface area contributed by atoms with Gasteiger partial charge in [0.15, 0.2) is 11.6 Å². The lowest BCUT2D eigenvalue weighted by Crippen LogP contribution is -2.24. The van der Waals surface area contributed by atoms with Crippen molar-refractivity contribution in [1.82, 2.24) is 0 Å². The molecule has 0 spiro atoms.